The Bertz CT molecular complexity index is 1040. The predicted molar refractivity (Wildman–Crippen MR) is 114 cm³/mol. The molecular formula is C20H23FN4O5S. The number of rotatable bonds is 8. The van der Waals surface area contributed by atoms with Crippen LogP contribution in [0.5, 0.6) is 0 Å². The second-order valence-corrected chi connectivity index (χ2v) is 9.15. The van der Waals surface area contributed by atoms with Crippen molar-refractivity contribution >= 4 is 27.3 Å². The van der Waals surface area contributed by atoms with Crippen LogP contribution in [-0.2, 0) is 10.0 Å². The van der Waals surface area contributed by atoms with Crippen LogP contribution in [0.3, 0.4) is 0 Å². The first-order chi connectivity index (χ1) is 14.8. The van der Waals surface area contributed by atoms with Crippen molar-refractivity contribution < 1.29 is 22.5 Å². The van der Waals surface area contributed by atoms with Gasteiger partial charge in [0, 0.05) is 44.5 Å². The summed E-state index contributed by atoms with van der Waals surface area (Å²) >= 11 is 0. The molecule has 9 nitrogen and oxygen atoms in total. The topological polar surface area (TPSA) is 113 Å². The Balaban J connectivity index is 1.46. The number of piperazine rings is 1. The second-order valence-electron chi connectivity index (χ2n) is 7.06. The third-order valence-electron chi connectivity index (χ3n) is 5.03. The molecule has 0 aromatic heterocycles. The van der Waals surface area contributed by atoms with Crippen molar-refractivity contribution in [1.29, 1.82) is 0 Å². The van der Waals surface area contributed by atoms with E-state index in [2.05, 4.69) is 5.32 Å². The fourth-order valence-corrected chi connectivity index (χ4v) is 4.87. The molecule has 2 aromatic rings. The summed E-state index contributed by atoms with van der Waals surface area (Å²) in [6.45, 7) is 1.72. The van der Waals surface area contributed by atoms with Crippen molar-refractivity contribution in [2.45, 2.75) is 6.42 Å². The molecule has 166 valence electrons. The number of benzene rings is 2. The van der Waals surface area contributed by atoms with Gasteiger partial charge in [-0.05, 0) is 36.8 Å². The summed E-state index contributed by atoms with van der Waals surface area (Å²) in [6, 6.07) is 11.7. The van der Waals surface area contributed by atoms with Gasteiger partial charge >= 0.3 is 0 Å². The Labute approximate surface area is 179 Å². The molecule has 2 aromatic carbocycles. The molecule has 1 amide bonds. The summed E-state index contributed by atoms with van der Waals surface area (Å²) < 4.78 is 39.6. The van der Waals surface area contributed by atoms with Gasteiger partial charge in [-0.1, -0.05) is 12.1 Å². The van der Waals surface area contributed by atoms with Crippen molar-refractivity contribution in [3.63, 3.8) is 0 Å². The third kappa shape index (κ3) is 5.76. The maximum Gasteiger partial charge on any atom is 0.282 e. The van der Waals surface area contributed by atoms with Crippen LogP contribution in [0.2, 0.25) is 0 Å². The molecule has 3 rings (SSSR count). The van der Waals surface area contributed by atoms with E-state index in [4.69, 9.17) is 0 Å². The number of carbonyl (C=O) groups excluding carboxylic acids is 1. The third-order valence-corrected chi connectivity index (χ3v) is 6.99. The normalized spacial score (nSPS) is 14.9. The molecule has 0 aliphatic carbocycles. The van der Waals surface area contributed by atoms with Gasteiger partial charge in [-0.3, -0.25) is 14.9 Å². The molecule has 1 heterocycles. The molecule has 1 aliphatic rings. The Kier molecular flexibility index (Phi) is 7.18. The predicted octanol–water partition coefficient (Wildman–Crippen LogP) is 2.01. The van der Waals surface area contributed by atoms with Crippen LogP contribution in [-0.4, -0.2) is 62.0 Å². The van der Waals surface area contributed by atoms with Crippen LogP contribution < -0.4 is 10.2 Å². The first kappa shape index (κ1) is 22.6. The van der Waals surface area contributed by atoms with Crippen molar-refractivity contribution in [1.82, 2.24) is 9.62 Å². The van der Waals surface area contributed by atoms with Crippen molar-refractivity contribution in [3.8, 4) is 0 Å². The van der Waals surface area contributed by atoms with Gasteiger partial charge in [-0.15, -0.1) is 0 Å². The average Bonchev–Trinajstić information content (AvgIpc) is 2.77. The molecule has 31 heavy (non-hydrogen) atoms. The molecule has 1 saturated heterocycles. The molecule has 1 aliphatic heterocycles. The van der Waals surface area contributed by atoms with E-state index >= 15 is 0 Å². The molecule has 1 N–H and O–H groups in total. The van der Waals surface area contributed by atoms with Gasteiger partial charge in [-0.2, -0.15) is 4.31 Å². The number of hydrogen-bond donors (Lipinski definition) is 1. The van der Waals surface area contributed by atoms with E-state index in [1.54, 1.807) is 12.1 Å². The SMILES string of the molecule is O=C(NCCCS(=O)(=O)N1CCN(c2ccc(F)cc2)CC1)c1ccccc1[N+](=O)[O-]. The van der Waals surface area contributed by atoms with Crippen LogP contribution in [0.1, 0.15) is 16.8 Å². The number of hydrogen-bond acceptors (Lipinski definition) is 6. The minimum atomic E-state index is -3.49. The number of nitro groups is 1. The number of nitro benzene ring substituents is 1. The lowest BCUT2D eigenvalue weighted by Gasteiger charge is -2.35. The quantitative estimate of drug-likeness (QED) is 0.374. The van der Waals surface area contributed by atoms with E-state index in [1.165, 1.54) is 40.7 Å². The van der Waals surface area contributed by atoms with E-state index in [0.29, 0.717) is 26.2 Å². The van der Waals surface area contributed by atoms with Gasteiger partial charge < -0.3 is 10.2 Å². The highest BCUT2D eigenvalue weighted by Gasteiger charge is 2.27. The van der Waals surface area contributed by atoms with E-state index in [1.807, 2.05) is 4.90 Å². The number of carbonyl (C=O) groups is 1. The molecule has 0 saturated carbocycles. The molecular weight excluding hydrogens is 427 g/mol. The molecule has 0 unspecified atom stereocenters. The molecule has 0 spiro atoms. The van der Waals surface area contributed by atoms with Gasteiger partial charge in [0.15, 0.2) is 0 Å². The summed E-state index contributed by atoms with van der Waals surface area (Å²) in [7, 11) is -3.49. The van der Waals surface area contributed by atoms with E-state index < -0.39 is 20.9 Å². The number of amides is 1. The van der Waals surface area contributed by atoms with Gasteiger partial charge in [0.2, 0.25) is 10.0 Å². The molecule has 0 radical (unpaired) electrons. The molecule has 0 atom stereocenters. The summed E-state index contributed by atoms with van der Waals surface area (Å²) in [5.41, 5.74) is 0.482. The summed E-state index contributed by atoms with van der Waals surface area (Å²) in [4.78, 5) is 24.6. The van der Waals surface area contributed by atoms with Crippen LogP contribution in [0.4, 0.5) is 15.8 Å². The monoisotopic (exact) mass is 450 g/mol. The summed E-state index contributed by atoms with van der Waals surface area (Å²) in [5.74, 6) is -1.07. The van der Waals surface area contributed by atoms with Crippen LogP contribution >= 0.6 is 0 Å². The molecule has 0 bridgehead atoms. The number of halogens is 1. The van der Waals surface area contributed by atoms with Crippen LogP contribution in [0.15, 0.2) is 48.5 Å². The number of para-hydroxylation sites is 1. The van der Waals surface area contributed by atoms with Crippen molar-refractivity contribution in [3.05, 3.63) is 70.0 Å². The fourth-order valence-electron chi connectivity index (χ4n) is 3.38. The number of nitrogens with zero attached hydrogens (tertiary/aromatic N) is 3. The lowest BCUT2D eigenvalue weighted by atomic mass is 10.1. The average molecular weight is 450 g/mol. The fraction of sp³-hybridized carbons (Fsp3) is 0.350. The smallest absolute Gasteiger partial charge is 0.282 e. The number of sulfonamides is 1. The van der Waals surface area contributed by atoms with Gasteiger partial charge in [0.1, 0.15) is 11.4 Å². The first-order valence-corrected chi connectivity index (χ1v) is 11.4. The molecule has 11 heteroatoms. The van der Waals surface area contributed by atoms with Gasteiger partial charge in [-0.25, -0.2) is 12.8 Å². The zero-order chi connectivity index (χ0) is 22.4. The Morgan fingerprint density at radius 1 is 1.06 bits per heavy atom. The zero-order valence-electron chi connectivity index (χ0n) is 16.7. The summed E-state index contributed by atoms with van der Waals surface area (Å²) in [5, 5.41) is 13.5. The summed E-state index contributed by atoms with van der Waals surface area (Å²) in [6.07, 6.45) is 0.187. The Morgan fingerprint density at radius 3 is 2.35 bits per heavy atom. The zero-order valence-corrected chi connectivity index (χ0v) is 17.6. The van der Waals surface area contributed by atoms with Crippen molar-refractivity contribution in [2.24, 2.45) is 0 Å². The lowest BCUT2D eigenvalue weighted by Crippen LogP contribution is -2.49. The second kappa shape index (κ2) is 9.84. The minimum Gasteiger partial charge on any atom is -0.369 e. The van der Waals surface area contributed by atoms with Crippen LogP contribution in [0, 0.1) is 15.9 Å². The van der Waals surface area contributed by atoms with E-state index in [0.717, 1.165) is 5.69 Å². The maximum absolute atomic E-state index is 13.1. The highest BCUT2D eigenvalue weighted by atomic mass is 32.2. The van der Waals surface area contributed by atoms with Gasteiger partial charge in [0.25, 0.3) is 11.6 Å². The first-order valence-electron chi connectivity index (χ1n) is 9.78. The lowest BCUT2D eigenvalue weighted by molar-refractivity contribution is -0.385. The van der Waals surface area contributed by atoms with Crippen molar-refractivity contribution in [2.75, 3.05) is 43.4 Å². The largest absolute Gasteiger partial charge is 0.369 e. The van der Waals surface area contributed by atoms with E-state index in [9.17, 15) is 27.7 Å². The minimum absolute atomic E-state index is 0.0627. The number of anilines is 1. The highest BCUT2D eigenvalue weighted by molar-refractivity contribution is 7.89. The van der Waals surface area contributed by atoms with Gasteiger partial charge in [0.05, 0.1) is 10.7 Å². The molecule has 1 fully saturated rings. The standard InChI is InChI=1S/C20H23FN4O5S/c21-16-6-8-17(9-7-16)23-11-13-24(14-12-23)31(29,30)15-3-10-22-20(26)18-4-1-2-5-19(18)25(27)28/h1-2,4-9H,3,10-15H2,(H,22,26). The Morgan fingerprint density at radius 2 is 1.71 bits per heavy atom. The highest BCUT2D eigenvalue weighted by Crippen LogP contribution is 2.19. The number of nitrogens with one attached hydrogen (secondary N) is 1. The van der Waals surface area contributed by atoms with Crippen LogP contribution in [0.25, 0.3) is 0 Å². The maximum atomic E-state index is 13.1. The van der Waals surface area contributed by atoms with E-state index in [-0.39, 0.29) is 35.8 Å². The Hall–Kier alpha value is -3.05.